The Bertz CT molecular complexity index is 458. The maximum Gasteiger partial charge on any atom is 0.227 e. The van der Waals surface area contributed by atoms with Gasteiger partial charge in [0.05, 0.1) is 11.6 Å². The molecule has 1 aliphatic rings. The van der Waals surface area contributed by atoms with Gasteiger partial charge in [-0.2, -0.15) is 5.10 Å². The molecule has 1 aromatic heterocycles. The van der Waals surface area contributed by atoms with Crippen LogP contribution in [0, 0.1) is 12.3 Å². The van der Waals surface area contributed by atoms with E-state index >= 15 is 0 Å². The topological polar surface area (TPSA) is 72.9 Å². The van der Waals surface area contributed by atoms with Crippen molar-refractivity contribution >= 4 is 5.91 Å². The van der Waals surface area contributed by atoms with Gasteiger partial charge in [-0.1, -0.05) is 25.7 Å². The number of aryl methyl sites for hydroxylation is 1. The predicted octanol–water partition coefficient (Wildman–Crippen LogP) is 1.64. The first-order valence-electron chi connectivity index (χ1n) is 7.55. The van der Waals surface area contributed by atoms with E-state index < -0.39 is 0 Å². The summed E-state index contributed by atoms with van der Waals surface area (Å²) < 4.78 is 1.83. The Labute approximate surface area is 120 Å². The first-order valence-corrected chi connectivity index (χ1v) is 7.55. The minimum absolute atomic E-state index is 0.116. The Morgan fingerprint density at radius 1 is 1.40 bits per heavy atom. The fraction of sp³-hybridized carbons (Fsp3) is 0.733. The first-order chi connectivity index (χ1) is 9.59. The fourth-order valence-corrected chi connectivity index (χ4v) is 3.01. The zero-order valence-electron chi connectivity index (χ0n) is 12.6. The number of nitrogens with two attached hydrogens (primary N) is 1. The van der Waals surface area contributed by atoms with Crippen molar-refractivity contribution in [1.82, 2.24) is 15.1 Å². The summed E-state index contributed by atoms with van der Waals surface area (Å²) in [5.41, 5.74) is 7.74. The molecule has 1 fully saturated rings. The number of nitrogens with zero attached hydrogens (tertiary/aromatic N) is 2. The van der Waals surface area contributed by atoms with Crippen LogP contribution in [-0.4, -0.2) is 22.2 Å². The van der Waals surface area contributed by atoms with Crippen LogP contribution in [0.5, 0.6) is 0 Å². The SMILES string of the molecule is Cc1c(CNC(=O)C2(CN)CCCCCC2)cnn1C. The van der Waals surface area contributed by atoms with Gasteiger partial charge in [0.2, 0.25) is 5.91 Å². The smallest absolute Gasteiger partial charge is 0.227 e. The minimum Gasteiger partial charge on any atom is -0.351 e. The van der Waals surface area contributed by atoms with Crippen LogP contribution in [0.15, 0.2) is 6.20 Å². The molecular weight excluding hydrogens is 252 g/mol. The zero-order chi connectivity index (χ0) is 14.6. The molecule has 0 unspecified atom stereocenters. The minimum atomic E-state index is -0.355. The molecule has 0 bridgehead atoms. The number of rotatable bonds is 4. The van der Waals surface area contributed by atoms with Gasteiger partial charge in [0.25, 0.3) is 0 Å². The number of carbonyl (C=O) groups excluding carboxylic acids is 1. The van der Waals surface area contributed by atoms with Gasteiger partial charge in [-0.3, -0.25) is 9.48 Å². The van der Waals surface area contributed by atoms with Gasteiger partial charge < -0.3 is 11.1 Å². The van der Waals surface area contributed by atoms with E-state index in [1.165, 1.54) is 12.8 Å². The maximum absolute atomic E-state index is 12.6. The van der Waals surface area contributed by atoms with Crippen molar-refractivity contribution in [3.05, 3.63) is 17.5 Å². The lowest BCUT2D eigenvalue weighted by atomic mass is 9.79. The van der Waals surface area contributed by atoms with Gasteiger partial charge in [-0.05, 0) is 19.8 Å². The molecule has 20 heavy (non-hydrogen) atoms. The number of carbonyl (C=O) groups is 1. The molecule has 112 valence electrons. The number of nitrogens with one attached hydrogen (secondary N) is 1. The predicted molar refractivity (Wildman–Crippen MR) is 79.0 cm³/mol. The van der Waals surface area contributed by atoms with Crippen LogP contribution in [0.1, 0.15) is 49.8 Å². The van der Waals surface area contributed by atoms with Gasteiger partial charge in [0.15, 0.2) is 0 Å². The van der Waals surface area contributed by atoms with E-state index in [-0.39, 0.29) is 11.3 Å². The third-order valence-electron chi connectivity index (χ3n) is 4.71. The second kappa shape index (κ2) is 6.39. The summed E-state index contributed by atoms with van der Waals surface area (Å²) in [6.07, 6.45) is 8.31. The molecule has 1 amide bonds. The zero-order valence-corrected chi connectivity index (χ0v) is 12.6. The Balaban J connectivity index is 2.00. The Kier molecular flexibility index (Phi) is 4.81. The molecule has 3 N–H and O–H groups in total. The molecular formula is C15H26N4O. The number of hydrogen-bond donors (Lipinski definition) is 2. The largest absolute Gasteiger partial charge is 0.351 e. The van der Waals surface area contributed by atoms with E-state index in [0.29, 0.717) is 13.1 Å². The van der Waals surface area contributed by atoms with Crippen LogP contribution in [-0.2, 0) is 18.4 Å². The standard InChI is InChI=1S/C15H26N4O/c1-12-13(10-18-19(12)2)9-17-14(20)15(11-16)7-5-3-4-6-8-15/h10H,3-9,11,16H2,1-2H3,(H,17,20). The highest BCUT2D eigenvalue weighted by molar-refractivity contribution is 5.82. The maximum atomic E-state index is 12.6. The summed E-state index contributed by atoms with van der Waals surface area (Å²) in [5.74, 6) is 0.116. The molecule has 0 spiro atoms. The molecule has 0 aliphatic heterocycles. The lowest BCUT2D eigenvalue weighted by Gasteiger charge is -2.29. The van der Waals surface area contributed by atoms with E-state index in [1.54, 1.807) is 0 Å². The fourth-order valence-electron chi connectivity index (χ4n) is 3.01. The van der Waals surface area contributed by atoms with Gasteiger partial charge in [-0.15, -0.1) is 0 Å². The molecule has 1 aliphatic carbocycles. The van der Waals surface area contributed by atoms with Crippen LogP contribution in [0.3, 0.4) is 0 Å². The van der Waals surface area contributed by atoms with Crippen molar-refractivity contribution in [1.29, 1.82) is 0 Å². The number of aromatic nitrogens is 2. The summed E-state index contributed by atoms with van der Waals surface area (Å²) in [6.45, 7) is 3.00. The van der Waals surface area contributed by atoms with Crippen molar-refractivity contribution in [3.8, 4) is 0 Å². The van der Waals surface area contributed by atoms with Crippen molar-refractivity contribution in [2.75, 3.05) is 6.54 Å². The van der Waals surface area contributed by atoms with Crippen LogP contribution < -0.4 is 11.1 Å². The number of amides is 1. The monoisotopic (exact) mass is 278 g/mol. The highest BCUT2D eigenvalue weighted by atomic mass is 16.2. The molecule has 1 saturated carbocycles. The quantitative estimate of drug-likeness (QED) is 0.822. The van der Waals surface area contributed by atoms with Gasteiger partial charge in [0, 0.05) is 31.4 Å². The highest BCUT2D eigenvalue weighted by Gasteiger charge is 2.36. The van der Waals surface area contributed by atoms with Crippen LogP contribution in [0.2, 0.25) is 0 Å². The summed E-state index contributed by atoms with van der Waals surface area (Å²) in [6, 6.07) is 0. The van der Waals surface area contributed by atoms with E-state index in [2.05, 4.69) is 10.4 Å². The third kappa shape index (κ3) is 3.03. The van der Waals surface area contributed by atoms with Gasteiger partial charge in [-0.25, -0.2) is 0 Å². The van der Waals surface area contributed by atoms with Gasteiger partial charge >= 0.3 is 0 Å². The molecule has 0 saturated heterocycles. The van der Waals surface area contributed by atoms with E-state index in [1.807, 2.05) is 24.9 Å². The highest BCUT2D eigenvalue weighted by Crippen LogP contribution is 2.34. The molecule has 0 radical (unpaired) electrons. The molecule has 5 nitrogen and oxygen atoms in total. The van der Waals surface area contributed by atoms with Crippen LogP contribution >= 0.6 is 0 Å². The lowest BCUT2D eigenvalue weighted by molar-refractivity contribution is -0.131. The van der Waals surface area contributed by atoms with Crippen LogP contribution in [0.4, 0.5) is 0 Å². The molecule has 2 rings (SSSR count). The Hall–Kier alpha value is -1.36. The molecule has 1 aromatic rings. The Morgan fingerprint density at radius 2 is 2.05 bits per heavy atom. The van der Waals surface area contributed by atoms with E-state index in [0.717, 1.165) is 36.9 Å². The van der Waals surface area contributed by atoms with Gasteiger partial charge in [0.1, 0.15) is 0 Å². The van der Waals surface area contributed by atoms with Crippen molar-refractivity contribution < 1.29 is 4.79 Å². The lowest BCUT2D eigenvalue weighted by Crippen LogP contribution is -2.45. The van der Waals surface area contributed by atoms with E-state index in [9.17, 15) is 4.79 Å². The van der Waals surface area contributed by atoms with Crippen molar-refractivity contribution in [3.63, 3.8) is 0 Å². The average Bonchev–Trinajstić information content (AvgIpc) is 2.69. The first kappa shape index (κ1) is 15.0. The van der Waals surface area contributed by atoms with Crippen molar-refractivity contribution in [2.45, 2.75) is 52.0 Å². The van der Waals surface area contributed by atoms with Crippen LogP contribution in [0.25, 0.3) is 0 Å². The summed E-state index contributed by atoms with van der Waals surface area (Å²) >= 11 is 0. The molecule has 1 heterocycles. The van der Waals surface area contributed by atoms with Crippen molar-refractivity contribution in [2.24, 2.45) is 18.2 Å². The molecule has 0 aromatic carbocycles. The average molecular weight is 278 g/mol. The number of hydrogen-bond acceptors (Lipinski definition) is 3. The molecule has 5 heteroatoms. The summed E-state index contributed by atoms with van der Waals surface area (Å²) in [4.78, 5) is 12.6. The second-order valence-corrected chi connectivity index (χ2v) is 5.96. The Morgan fingerprint density at radius 3 is 2.55 bits per heavy atom. The third-order valence-corrected chi connectivity index (χ3v) is 4.71. The summed E-state index contributed by atoms with van der Waals surface area (Å²) in [5, 5.41) is 7.27. The summed E-state index contributed by atoms with van der Waals surface area (Å²) in [7, 11) is 1.91. The normalized spacial score (nSPS) is 18.6. The second-order valence-electron chi connectivity index (χ2n) is 5.96. The van der Waals surface area contributed by atoms with E-state index in [4.69, 9.17) is 5.73 Å². The molecule has 0 atom stereocenters.